The largest absolute Gasteiger partial charge is 0.497 e. The van der Waals surface area contributed by atoms with E-state index in [1.165, 1.54) is 4.90 Å². The van der Waals surface area contributed by atoms with Crippen LogP contribution in [-0.2, 0) is 9.59 Å². The van der Waals surface area contributed by atoms with Gasteiger partial charge in [-0.25, -0.2) is 0 Å². The quantitative estimate of drug-likeness (QED) is 0.532. The number of rotatable bonds is 10. The van der Waals surface area contributed by atoms with Crippen molar-refractivity contribution in [1.29, 1.82) is 0 Å². The minimum absolute atomic E-state index is 0.141. The van der Waals surface area contributed by atoms with Gasteiger partial charge in [0.2, 0.25) is 0 Å². The minimum Gasteiger partial charge on any atom is -0.497 e. The van der Waals surface area contributed by atoms with Gasteiger partial charge in [-0.3, -0.25) is 14.5 Å². The Hall–Kier alpha value is -3.48. The third-order valence-electron chi connectivity index (χ3n) is 5.06. The summed E-state index contributed by atoms with van der Waals surface area (Å²) in [6, 6.07) is 12.5. The SMILES string of the molecule is COc1cc(NC2=C(c3ccc(OCC(C)C)cc3)C(=O)N(CC(C)C)C2=O)cc(OC)c1. The zero-order chi connectivity index (χ0) is 24.1. The zero-order valence-electron chi connectivity index (χ0n) is 20.1. The molecule has 0 aliphatic carbocycles. The van der Waals surface area contributed by atoms with Crippen molar-refractivity contribution in [2.75, 3.05) is 32.7 Å². The molecule has 1 N–H and O–H groups in total. The Morgan fingerprint density at radius 2 is 1.42 bits per heavy atom. The van der Waals surface area contributed by atoms with Crippen molar-refractivity contribution in [2.45, 2.75) is 27.7 Å². The van der Waals surface area contributed by atoms with Crippen molar-refractivity contribution in [1.82, 2.24) is 4.90 Å². The monoisotopic (exact) mass is 452 g/mol. The summed E-state index contributed by atoms with van der Waals surface area (Å²) in [5.74, 6) is 1.73. The molecule has 0 bridgehead atoms. The molecule has 33 heavy (non-hydrogen) atoms. The predicted octanol–water partition coefficient (Wildman–Crippen LogP) is 4.59. The van der Waals surface area contributed by atoms with Gasteiger partial charge in [0.25, 0.3) is 11.8 Å². The maximum Gasteiger partial charge on any atom is 0.278 e. The molecule has 3 rings (SSSR count). The molecule has 0 saturated carbocycles. The minimum atomic E-state index is -0.356. The van der Waals surface area contributed by atoms with Gasteiger partial charge >= 0.3 is 0 Å². The first-order valence-corrected chi connectivity index (χ1v) is 11.1. The van der Waals surface area contributed by atoms with Crippen LogP contribution in [0.3, 0.4) is 0 Å². The number of benzene rings is 2. The third-order valence-corrected chi connectivity index (χ3v) is 5.06. The Labute approximate surface area is 195 Å². The van der Waals surface area contributed by atoms with E-state index in [0.29, 0.717) is 47.4 Å². The summed E-state index contributed by atoms with van der Waals surface area (Å²) in [6.07, 6.45) is 0. The fraction of sp³-hybridized carbons (Fsp3) is 0.385. The van der Waals surface area contributed by atoms with Crippen molar-refractivity contribution < 1.29 is 23.8 Å². The second kappa shape index (κ2) is 10.4. The van der Waals surface area contributed by atoms with Gasteiger partial charge in [-0.2, -0.15) is 0 Å². The first-order valence-electron chi connectivity index (χ1n) is 11.1. The molecule has 7 nitrogen and oxygen atoms in total. The van der Waals surface area contributed by atoms with E-state index in [4.69, 9.17) is 14.2 Å². The topological polar surface area (TPSA) is 77.1 Å². The third kappa shape index (κ3) is 5.66. The maximum atomic E-state index is 13.3. The number of carbonyl (C=O) groups is 2. The van der Waals surface area contributed by atoms with Crippen LogP contribution in [0.5, 0.6) is 17.2 Å². The molecule has 1 heterocycles. The van der Waals surface area contributed by atoms with Crippen molar-refractivity contribution in [3.63, 3.8) is 0 Å². The Morgan fingerprint density at radius 1 is 0.818 bits per heavy atom. The molecule has 0 saturated heterocycles. The van der Waals surface area contributed by atoms with E-state index < -0.39 is 0 Å². The highest BCUT2D eigenvalue weighted by molar-refractivity contribution is 6.36. The van der Waals surface area contributed by atoms with Crippen LogP contribution in [0.2, 0.25) is 0 Å². The molecule has 0 aromatic heterocycles. The van der Waals surface area contributed by atoms with E-state index in [-0.39, 0.29) is 23.4 Å². The summed E-state index contributed by atoms with van der Waals surface area (Å²) in [5, 5.41) is 3.15. The Kier molecular flexibility index (Phi) is 7.63. The average molecular weight is 453 g/mol. The molecule has 0 spiro atoms. The number of nitrogens with zero attached hydrogens (tertiary/aromatic N) is 1. The molecule has 0 unspecified atom stereocenters. The van der Waals surface area contributed by atoms with Gasteiger partial charge in [0, 0.05) is 30.4 Å². The summed E-state index contributed by atoms with van der Waals surface area (Å²) in [4.78, 5) is 27.9. The van der Waals surface area contributed by atoms with Crippen molar-refractivity contribution in [3.8, 4) is 17.2 Å². The Balaban J connectivity index is 2.01. The van der Waals surface area contributed by atoms with E-state index >= 15 is 0 Å². The highest BCUT2D eigenvalue weighted by Crippen LogP contribution is 2.34. The summed E-state index contributed by atoms with van der Waals surface area (Å²) in [5.41, 5.74) is 1.79. The number of hydrogen-bond acceptors (Lipinski definition) is 6. The van der Waals surface area contributed by atoms with Crippen LogP contribution in [0.15, 0.2) is 48.2 Å². The van der Waals surface area contributed by atoms with Gasteiger partial charge in [0.15, 0.2) is 0 Å². The van der Waals surface area contributed by atoms with E-state index in [1.807, 2.05) is 38.1 Å². The first kappa shape index (κ1) is 24.2. The fourth-order valence-corrected chi connectivity index (χ4v) is 3.50. The van der Waals surface area contributed by atoms with Crippen molar-refractivity contribution in [3.05, 3.63) is 53.7 Å². The molecular weight excluding hydrogens is 420 g/mol. The van der Waals surface area contributed by atoms with Crippen LogP contribution in [0.4, 0.5) is 5.69 Å². The molecule has 0 atom stereocenters. The lowest BCUT2D eigenvalue weighted by atomic mass is 10.0. The van der Waals surface area contributed by atoms with E-state index in [9.17, 15) is 9.59 Å². The molecule has 2 amide bonds. The lowest BCUT2D eigenvalue weighted by Crippen LogP contribution is -2.35. The lowest BCUT2D eigenvalue weighted by Gasteiger charge is -2.17. The number of amides is 2. The van der Waals surface area contributed by atoms with Gasteiger partial charge in [0.05, 0.1) is 26.4 Å². The van der Waals surface area contributed by atoms with E-state index in [2.05, 4.69) is 19.2 Å². The summed E-state index contributed by atoms with van der Waals surface area (Å²) in [6.45, 7) is 9.04. The molecule has 0 radical (unpaired) electrons. The maximum absolute atomic E-state index is 13.3. The Morgan fingerprint density at radius 3 is 1.94 bits per heavy atom. The summed E-state index contributed by atoms with van der Waals surface area (Å²) < 4.78 is 16.4. The number of carbonyl (C=O) groups excluding carboxylic acids is 2. The van der Waals surface area contributed by atoms with Crippen molar-refractivity contribution >= 4 is 23.1 Å². The number of imide groups is 1. The average Bonchev–Trinajstić information content (AvgIpc) is 3.01. The van der Waals surface area contributed by atoms with Gasteiger partial charge in [-0.1, -0.05) is 39.8 Å². The van der Waals surface area contributed by atoms with E-state index in [1.54, 1.807) is 32.4 Å². The molecule has 2 aromatic rings. The molecule has 1 aliphatic rings. The van der Waals surface area contributed by atoms with Gasteiger partial charge < -0.3 is 19.5 Å². The van der Waals surface area contributed by atoms with Crippen LogP contribution in [-0.4, -0.2) is 44.1 Å². The lowest BCUT2D eigenvalue weighted by molar-refractivity contribution is -0.137. The number of nitrogens with one attached hydrogen (secondary N) is 1. The Bertz CT molecular complexity index is 1020. The molecular formula is C26H32N2O5. The second-order valence-corrected chi connectivity index (χ2v) is 8.82. The van der Waals surface area contributed by atoms with Gasteiger partial charge in [0.1, 0.15) is 22.9 Å². The number of methoxy groups -OCH3 is 2. The highest BCUT2D eigenvalue weighted by Gasteiger charge is 2.39. The predicted molar refractivity (Wildman–Crippen MR) is 128 cm³/mol. The van der Waals surface area contributed by atoms with Crippen LogP contribution in [0, 0.1) is 11.8 Å². The smallest absolute Gasteiger partial charge is 0.278 e. The molecule has 1 aliphatic heterocycles. The standard InChI is InChI=1S/C26H32N2O5/c1-16(2)14-28-25(29)23(18-7-9-20(10-8-18)33-15-17(3)4)24(26(28)30)27-19-11-21(31-5)13-22(12-19)32-6/h7-13,16-17,27H,14-15H2,1-6H3. The van der Waals surface area contributed by atoms with Gasteiger partial charge in [-0.15, -0.1) is 0 Å². The fourth-order valence-electron chi connectivity index (χ4n) is 3.50. The van der Waals surface area contributed by atoms with Crippen LogP contribution in [0.1, 0.15) is 33.3 Å². The summed E-state index contributed by atoms with van der Waals surface area (Å²) >= 11 is 0. The second-order valence-electron chi connectivity index (χ2n) is 8.82. The van der Waals surface area contributed by atoms with Crippen LogP contribution >= 0.6 is 0 Å². The van der Waals surface area contributed by atoms with Crippen LogP contribution in [0.25, 0.3) is 5.57 Å². The first-order chi connectivity index (χ1) is 15.7. The molecule has 0 fully saturated rings. The summed E-state index contributed by atoms with van der Waals surface area (Å²) in [7, 11) is 3.11. The zero-order valence-corrected chi connectivity index (χ0v) is 20.1. The normalized spacial score (nSPS) is 13.9. The van der Waals surface area contributed by atoms with Gasteiger partial charge in [-0.05, 0) is 29.5 Å². The molecule has 176 valence electrons. The highest BCUT2D eigenvalue weighted by atomic mass is 16.5. The van der Waals surface area contributed by atoms with Crippen LogP contribution < -0.4 is 19.5 Å². The number of hydrogen-bond donors (Lipinski definition) is 1. The molecule has 7 heteroatoms. The number of anilines is 1. The van der Waals surface area contributed by atoms with Crippen molar-refractivity contribution in [2.24, 2.45) is 11.8 Å². The molecule has 2 aromatic carbocycles. The number of ether oxygens (including phenoxy) is 3. The van der Waals surface area contributed by atoms with E-state index in [0.717, 1.165) is 5.75 Å².